The quantitative estimate of drug-likeness (QED) is 0.737. The van der Waals surface area contributed by atoms with Crippen LogP contribution in [0.25, 0.3) is 0 Å². The summed E-state index contributed by atoms with van der Waals surface area (Å²) in [5.41, 5.74) is -0.491. The smallest absolute Gasteiger partial charge is 0.410 e. The zero-order chi connectivity index (χ0) is 14.9. The molecule has 0 N–H and O–H groups in total. The minimum Gasteiger partial charge on any atom is -0.444 e. The van der Waals surface area contributed by atoms with Gasteiger partial charge in [0.2, 0.25) is 0 Å². The molecule has 5 nitrogen and oxygen atoms in total. The van der Waals surface area contributed by atoms with Crippen molar-refractivity contribution < 1.29 is 9.53 Å². The van der Waals surface area contributed by atoms with Crippen LogP contribution >= 0.6 is 0 Å². The molecular weight excluding hydrogens is 254 g/mol. The molecule has 1 unspecified atom stereocenters. The summed E-state index contributed by atoms with van der Waals surface area (Å²) in [6.45, 7) is 5.59. The molecule has 20 heavy (non-hydrogen) atoms. The Bertz CT molecular complexity index is 441. The van der Waals surface area contributed by atoms with Gasteiger partial charge < -0.3 is 9.64 Å². The summed E-state index contributed by atoms with van der Waals surface area (Å²) in [4.78, 5) is 14.1. The summed E-state index contributed by atoms with van der Waals surface area (Å²) in [6.07, 6.45) is 3.12. The first kappa shape index (κ1) is 14.7. The number of hydrogen-bond acceptors (Lipinski definition) is 4. The maximum atomic E-state index is 12.3. The Morgan fingerprint density at radius 1 is 1.20 bits per heavy atom. The molecule has 0 aliphatic carbocycles. The van der Waals surface area contributed by atoms with E-state index in [2.05, 4.69) is 12.1 Å². The molecule has 0 aromatic heterocycles. The van der Waals surface area contributed by atoms with Gasteiger partial charge in [-0.1, -0.05) is 0 Å². The molecular formula is C15H21N3O2. The van der Waals surface area contributed by atoms with E-state index < -0.39 is 11.5 Å². The number of carbonyl (C=O) groups is 1. The van der Waals surface area contributed by atoms with Crippen LogP contribution in [0.15, 0.2) is 0 Å². The van der Waals surface area contributed by atoms with E-state index in [0.29, 0.717) is 0 Å². The van der Waals surface area contributed by atoms with Crippen molar-refractivity contribution in [2.45, 2.75) is 64.1 Å². The van der Waals surface area contributed by atoms with Crippen LogP contribution in [0.5, 0.6) is 0 Å². The zero-order valence-electron chi connectivity index (χ0n) is 12.3. The van der Waals surface area contributed by atoms with Crippen molar-refractivity contribution in [3.05, 3.63) is 0 Å². The molecule has 2 aliphatic rings. The monoisotopic (exact) mass is 275 g/mol. The van der Waals surface area contributed by atoms with Crippen molar-refractivity contribution in [2.24, 2.45) is 11.8 Å². The fourth-order valence-corrected chi connectivity index (χ4v) is 3.34. The second-order valence-corrected chi connectivity index (χ2v) is 6.74. The van der Waals surface area contributed by atoms with Gasteiger partial charge >= 0.3 is 6.09 Å². The summed E-state index contributed by atoms with van der Waals surface area (Å²) in [5, 5.41) is 18.0. The number of carbonyl (C=O) groups excluding carboxylic acids is 1. The van der Waals surface area contributed by atoms with Gasteiger partial charge in [0.15, 0.2) is 0 Å². The molecule has 2 heterocycles. The Balaban J connectivity index is 2.06. The van der Waals surface area contributed by atoms with Crippen molar-refractivity contribution in [1.29, 1.82) is 10.5 Å². The molecule has 0 aromatic rings. The highest BCUT2D eigenvalue weighted by molar-refractivity contribution is 5.69. The number of hydrogen-bond donors (Lipinski definition) is 0. The first-order valence-electron chi connectivity index (χ1n) is 7.16. The second-order valence-electron chi connectivity index (χ2n) is 6.74. The summed E-state index contributed by atoms with van der Waals surface area (Å²) in [6, 6.07) is 4.40. The van der Waals surface area contributed by atoms with Crippen LogP contribution in [-0.2, 0) is 4.74 Å². The molecule has 108 valence electrons. The van der Waals surface area contributed by atoms with E-state index in [1.54, 1.807) is 0 Å². The SMILES string of the molecule is CC(C)(C)OC(=O)N1[C@@H]2CC[C@H]1CC(C(C#N)C#N)C2. The number of nitrogens with zero attached hydrogens (tertiary/aromatic N) is 3. The van der Waals surface area contributed by atoms with Crippen LogP contribution in [-0.4, -0.2) is 28.7 Å². The fourth-order valence-electron chi connectivity index (χ4n) is 3.34. The van der Waals surface area contributed by atoms with Gasteiger partial charge in [0.05, 0.1) is 12.1 Å². The van der Waals surface area contributed by atoms with Gasteiger partial charge in [-0.25, -0.2) is 4.79 Å². The molecule has 1 amide bonds. The number of ether oxygens (including phenoxy) is 1. The Hall–Kier alpha value is -1.75. The number of fused-ring (bicyclic) bond motifs is 2. The predicted octanol–water partition coefficient (Wildman–Crippen LogP) is 2.83. The Kier molecular flexibility index (Phi) is 3.90. The first-order chi connectivity index (χ1) is 9.35. The van der Waals surface area contributed by atoms with Crippen LogP contribution < -0.4 is 0 Å². The Morgan fingerprint density at radius 2 is 1.70 bits per heavy atom. The highest BCUT2D eigenvalue weighted by Gasteiger charge is 2.46. The fraction of sp³-hybridized carbons (Fsp3) is 0.800. The third-order valence-corrected chi connectivity index (χ3v) is 4.12. The normalized spacial score (nSPS) is 28.9. The molecule has 0 saturated carbocycles. The summed E-state index contributed by atoms with van der Waals surface area (Å²) in [7, 11) is 0. The van der Waals surface area contributed by atoms with Gasteiger partial charge in [-0.05, 0) is 52.4 Å². The Labute approximate surface area is 120 Å². The minimum atomic E-state index is -0.557. The van der Waals surface area contributed by atoms with E-state index in [4.69, 9.17) is 15.3 Å². The van der Waals surface area contributed by atoms with E-state index in [1.165, 1.54) is 0 Å². The maximum absolute atomic E-state index is 12.3. The largest absolute Gasteiger partial charge is 0.444 e. The average molecular weight is 275 g/mol. The van der Waals surface area contributed by atoms with Crippen molar-refractivity contribution in [2.75, 3.05) is 0 Å². The van der Waals surface area contributed by atoms with Gasteiger partial charge in [-0.2, -0.15) is 10.5 Å². The van der Waals surface area contributed by atoms with Gasteiger partial charge in [-0.15, -0.1) is 0 Å². The van der Waals surface area contributed by atoms with Gasteiger partial charge in [0, 0.05) is 12.1 Å². The van der Waals surface area contributed by atoms with Crippen LogP contribution in [0.2, 0.25) is 0 Å². The molecule has 0 spiro atoms. The second kappa shape index (κ2) is 5.32. The minimum absolute atomic E-state index is 0.0844. The summed E-state index contributed by atoms with van der Waals surface area (Å²) in [5.74, 6) is -0.472. The summed E-state index contributed by atoms with van der Waals surface area (Å²) < 4.78 is 5.46. The van der Waals surface area contributed by atoms with Crippen LogP contribution in [0, 0.1) is 34.5 Å². The van der Waals surface area contributed by atoms with Crippen LogP contribution in [0.1, 0.15) is 46.5 Å². The molecule has 0 aromatic carbocycles. The van der Waals surface area contributed by atoms with Crippen molar-refractivity contribution in [3.8, 4) is 12.1 Å². The molecule has 2 bridgehead atoms. The first-order valence-corrected chi connectivity index (χ1v) is 7.16. The molecule has 5 heteroatoms. The number of nitriles is 2. The van der Waals surface area contributed by atoms with Gasteiger partial charge in [-0.3, -0.25) is 0 Å². The zero-order valence-corrected chi connectivity index (χ0v) is 12.3. The topological polar surface area (TPSA) is 77.1 Å². The third-order valence-electron chi connectivity index (χ3n) is 4.12. The standard InChI is InChI=1S/C15H21N3O2/c1-15(2,3)20-14(19)18-12-4-5-13(18)7-10(6-12)11(8-16)9-17/h10-13H,4-7H2,1-3H3/t10?,12-,13+. The molecule has 2 rings (SSSR count). The lowest BCUT2D eigenvalue weighted by Crippen LogP contribution is -2.49. The number of amides is 1. The van der Waals surface area contributed by atoms with E-state index in [1.807, 2.05) is 25.7 Å². The van der Waals surface area contributed by atoms with Crippen LogP contribution in [0.3, 0.4) is 0 Å². The highest BCUT2D eigenvalue weighted by atomic mass is 16.6. The van der Waals surface area contributed by atoms with Crippen LogP contribution in [0.4, 0.5) is 4.79 Å². The average Bonchev–Trinajstić information content (AvgIpc) is 2.61. The van der Waals surface area contributed by atoms with Crippen molar-refractivity contribution in [1.82, 2.24) is 4.90 Å². The molecule has 2 fully saturated rings. The van der Waals surface area contributed by atoms with E-state index in [-0.39, 0.29) is 24.1 Å². The third kappa shape index (κ3) is 2.88. The van der Waals surface area contributed by atoms with E-state index in [9.17, 15) is 4.79 Å². The molecule has 3 atom stereocenters. The predicted molar refractivity (Wildman–Crippen MR) is 72.3 cm³/mol. The van der Waals surface area contributed by atoms with Gasteiger partial charge in [0.25, 0.3) is 0 Å². The highest BCUT2D eigenvalue weighted by Crippen LogP contribution is 2.41. The van der Waals surface area contributed by atoms with E-state index >= 15 is 0 Å². The lowest BCUT2D eigenvalue weighted by molar-refractivity contribution is 0.000947. The Morgan fingerprint density at radius 3 is 2.10 bits per heavy atom. The summed E-state index contributed by atoms with van der Waals surface area (Å²) >= 11 is 0. The van der Waals surface area contributed by atoms with Crippen molar-refractivity contribution in [3.63, 3.8) is 0 Å². The number of piperidine rings is 1. The maximum Gasteiger partial charge on any atom is 0.410 e. The van der Waals surface area contributed by atoms with E-state index in [0.717, 1.165) is 25.7 Å². The lowest BCUT2D eigenvalue weighted by atomic mass is 9.82. The molecule has 2 aliphatic heterocycles. The number of rotatable bonds is 1. The molecule has 0 radical (unpaired) electrons. The van der Waals surface area contributed by atoms with Crippen molar-refractivity contribution >= 4 is 6.09 Å². The van der Waals surface area contributed by atoms with Gasteiger partial charge in [0.1, 0.15) is 11.5 Å². The molecule has 2 saturated heterocycles. The lowest BCUT2D eigenvalue weighted by Gasteiger charge is -2.39.